The van der Waals surface area contributed by atoms with Crippen molar-refractivity contribution in [1.29, 1.82) is 10.7 Å². The molecule has 0 spiro atoms. The third-order valence-electron chi connectivity index (χ3n) is 4.62. The van der Waals surface area contributed by atoms with Crippen LogP contribution >= 0.6 is 0 Å². The van der Waals surface area contributed by atoms with Crippen molar-refractivity contribution in [3.63, 3.8) is 0 Å². The van der Waals surface area contributed by atoms with Gasteiger partial charge >= 0.3 is 0 Å². The van der Waals surface area contributed by atoms with E-state index in [1.165, 1.54) is 6.07 Å². The molecule has 4 rings (SSSR count). The topological polar surface area (TPSA) is 85.5 Å². The second kappa shape index (κ2) is 6.12. The molecule has 0 radical (unpaired) electrons. The van der Waals surface area contributed by atoms with Crippen molar-refractivity contribution in [2.75, 3.05) is 0 Å². The fraction of sp³-hybridized carbons (Fsp3) is 0.150. The Labute approximate surface area is 149 Å². The zero-order valence-corrected chi connectivity index (χ0v) is 14.0. The molecule has 1 aliphatic heterocycles. The molecule has 0 saturated heterocycles. The summed E-state index contributed by atoms with van der Waals surface area (Å²) in [6.45, 7) is 1.99. The summed E-state index contributed by atoms with van der Waals surface area (Å²) in [6.07, 6.45) is 0. The molecule has 0 aliphatic carbocycles. The van der Waals surface area contributed by atoms with Crippen LogP contribution in [0.4, 0.5) is 4.39 Å². The smallest absolute Gasteiger partial charge is 0.244 e. The van der Waals surface area contributed by atoms with Crippen molar-refractivity contribution < 1.29 is 9.13 Å². The van der Waals surface area contributed by atoms with Crippen LogP contribution in [0.15, 0.2) is 48.5 Å². The number of hydrogen-bond donors (Lipinski definition) is 2. The predicted molar refractivity (Wildman–Crippen MR) is 94.5 cm³/mol. The number of nitriles is 1. The number of nitrogens with one attached hydrogen (secondary N) is 2. The molecule has 0 amide bonds. The highest BCUT2D eigenvalue weighted by Gasteiger charge is 2.41. The summed E-state index contributed by atoms with van der Waals surface area (Å²) in [5.41, 5.74) is 3.59. The van der Waals surface area contributed by atoms with Crippen molar-refractivity contribution in [2.24, 2.45) is 5.92 Å². The van der Waals surface area contributed by atoms with Crippen molar-refractivity contribution in [1.82, 2.24) is 10.2 Å². The van der Waals surface area contributed by atoms with Gasteiger partial charge in [-0.1, -0.05) is 48.0 Å². The summed E-state index contributed by atoms with van der Waals surface area (Å²) in [4.78, 5) is 0. The Hall–Kier alpha value is -3.46. The van der Waals surface area contributed by atoms with Crippen LogP contribution in [0, 0.1) is 35.4 Å². The van der Waals surface area contributed by atoms with Gasteiger partial charge in [-0.05, 0) is 24.1 Å². The van der Waals surface area contributed by atoms with Crippen LogP contribution in [0.5, 0.6) is 5.88 Å². The van der Waals surface area contributed by atoms with Crippen LogP contribution in [0.2, 0.25) is 0 Å². The number of rotatable bonds is 2. The molecular weight excluding hydrogens is 331 g/mol. The zero-order valence-electron chi connectivity index (χ0n) is 14.0. The lowest BCUT2D eigenvalue weighted by atomic mass is 9.78. The first-order chi connectivity index (χ1) is 12.6. The number of hydrogen-bond acceptors (Lipinski definition) is 4. The molecule has 2 N–H and O–H groups in total. The first kappa shape index (κ1) is 16.0. The Bertz CT molecular complexity index is 1030. The maximum atomic E-state index is 14.5. The number of aryl methyl sites for hydroxylation is 1. The standard InChI is InChI=1S/C20H15FN4O/c1-11-6-8-12(9-7-11)18-17-16(13-4-2-3-5-15(13)21)14(10-22)19(23)26-20(17)25-24-18/h2-9,14,16,23H,1H3,(H,24,25). The van der Waals surface area contributed by atoms with Crippen LogP contribution in [0.25, 0.3) is 11.3 Å². The van der Waals surface area contributed by atoms with Crippen molar-refractivity contribution >= 4 is 5.90 Å². The Morgan fingerprint density at radius 3 is 2.62 bits per heavy atom. The number of aromatic nitrogens is 2. The third kappa shape index (κ3) is 2.45. The summed E-state index contributed by atoms with van der Waals surface area (Å²) < 4.78 is 20.0. The molecule has 2 heterocycles. The van der Waals surface area contributed by atoms with Gasteiger partial charge in [0.05, 0.1) is 17.3 Å². The van der Waals surface area contributed by atoms with Crippen molar-refractivity contribution in [2.45, 2.75) is 12.8 Å². The number of nitrogens with zero attached hydrogens (tertiary/aromatic N) is 2. The normalized spacial score (nSPS) is 18.7. The summed E-state index contributed by atoms with van der Waals surface area (Å²) in [7, 11) is 0. The van der Waals surface area contributed by atoms with Gasteiger partial charge in [0.15, 0.2) is 0 Å². The number of H-pyrrole nitrogens is 1. The van der Waals surface area contributed by atoms with E-state index in [2.05, 4.69) is 16.3 Å². The van der Waals surface area contributed by atoms with Gasteiger partial charge in [0, 0.05) is 5.92 Å². The Morgan fingerprint density at radius 1 is 1.19 bits per heavy atom. The van der Waals surface area contributed by atoms with E-state index in [1.807, 2.05) is 31.2 Å². The lowest BCUT2D eigenvalue weighted by Gasteiger charge is -2.28. The minimum atomic E-state index is -0.929. The molecule has 0 fully saturated rings. The number of aromatic amines is 1. The molecule has 2 unspecified atom stereocenters. The number of fused-ring (bicyclic) bond motifs is 1. The average molecular weight is 346 g/mol. The maximum absolute atomic E-state index is 14.5. The van der Waals surface area contributed by atoms with E-state index >= 15 is 0 Å². The molecule has 128 valence electrons. The lowest BCUT2D eigenvalue weighted by Crippen LogP contribution is -2.31. The Balaban J connectivity index is 1.96. The molecule has 1 aromatic heterocycles. The van der Waals surface area contributed by atoms with Gasteiger partial charge in [-0.15, -0.1) is 5.10 Å². The quantitative estimate of drug-likeness (QED) is 0.730. The van der Waals surface area contributed by atoms with Crippen LogP contribution < -0.4 is 4.74 Å². The minimum Gasteiger partial charge on any atom is -0.422 e. The summed E-state index contributed by atoms with van der Waals surface area (Å²) >= 11 is 0. The molecule has 0 saturated carbocycles. The molecule has 5 nitrogen and oxygen atoms in total. The molecule has 0 bridgehead atoms. The van der Waals surface area contributed by atoms with Crippen LogP contribution in [-0.4, -0.2) is 16.1 Å². The van der Waals surface area contributed by atoms with E-state index < -0.39 is 17.7 Å². The Morgan fingerprint density at radius 2 is 1.92 bits per heavy atom. The van der Waals surface area contributed by atoms with Crippen molar-refractivity contribution in [3.8, 4) is 23.2 Å². The van der Waals surface area contributed by atoms with Gasteiger partial charge < -0.3 is 4.74 Å². The SMILES string of the molecule is Cc1ccc(-c2[nH]nc3c2C(c2ccccc2F)C(C#N)C(=N)O3)cc1. The van der Waals surface area contributed by atoms with E-state index in [0.29, 0.717) is 16.8 Å². The van der Waals surface area contributed by atoms with E-state index in [1.54, 1.807) is 18.2 Å². The highest BCUT2D eigenvalue weighted by Crippen LogP contribution is 2.46. The van der Waals surface area contributed by atoms with E-state index in [0.717, 1.165) is 11.1 Å². The Kier molecular flexibility index (Phi) is 3.77. The number of halogens is 1. The van der Waals surface area contributed by atoms with Gasteiger partial charge in [-0.3, -0.25) is 10.5 Å². The van der Waals surface area contributed by atoms with Gasteiger partial charge in [-0.2, -0.15) is 5.26 Å². The highest BCUT2D eigenvalue weighted by atomic mass is 19.1. The lowest BCUT2D eigenvalue weighted by molar-refractivity contribution is 0.432. The first-order valence-electron chi connectivity index (χ1n) is 8.15. The van der Waals surface area contributed by atoms with Crippen LogP contribution in [-0.2, 0) is 0 Å². The molecule has 3 aromatic rings. The minimum absolute atomic E-state index is 0.213. The number of ether oxygens (including phenoxy) is 1. The third-order valence-corrected chi connectivity index (χ3v) is 4.62. The molecule has 2 aromatic carbocycles. The van der Waals surface area contributed by atoms with E-state index in [4.69, 9.17) is 10.1 Å². The fourth-order valence-electron chi connectivity index (χ4n) is 3.32. The van der Waals surface area contributed by atoms with Gasteiger partial charge in [-0.25, -0.2) is 4.39 Å². The zero-order chi connectivity index (χ0) is 18.3. The second-order valence-corrected chi connectivity index (χ2v) is 6.26. The first-order valence-corrected chi connectivity index (χ1v) is 8.15. The molecular formula is C20H15FN4O. The largest absolute Gasteiger partial charge is 0.422 e. The van der Waals surface area contributed by atoms with Crippen LogP contribution in [0.3, 0.4) is 0 Å². The molecule has 2 atom stereocenters. The van der Waals surface area contributed by atoms with Crippen molar-refractivity contribution in [3.05, 3.63) is 71.0 Å². The molecule has 1 aliphatic rings. The average Bonchev–Trinajstić information content (AvgIpc) is 3.05. The molecule has 6 heteroatoms. The highest BCUT2D eigenvalue weighted by molar-refractivity contribution is 5.86. The summed E-state index contributed by atoms with van der Waals surface area (Å²) in [6, 6.07) is 16.2. The summed E-state index contributed by atoms with van der Waals surface area (Å²) in [5, 5.41) is 24.8. The monoisotopic (exact) mass is 346 g/mol. The number of benzene rings is 2. The van der Waals surface area contributed by atoms with E-state index in [9.17, 15) is 9.65 Å². The maximum Gasteiger partial charge on any atom is 0.244 e. The van der Waals surface area contributed by atoms with Gasteiger partial charge in [0.2, 0.25) is 11.8 Å². The van der Waals surface area contributed by atoms with Gasteiger partial charge in [0.25, 0.3) is 0 Å². The van der Waals surface area contributed by atoms with Gasteiger partial charge in [0.1, 0.15) is 11.7 Å². The fourth-order valence-corrected chi connectivity index (χ4v) is 3.32. The molecule has 26 heavy (non-hydrogen) atoms. The van der Waals surface area contributed by atoms with E-state index in [-0.39, 0.29) is 11.8 Å². The summed E-state index contributed by atoms with van der Waals surface area (Å²) in [5.74, 6) is -2.04. The predicted octanol–water partition coefficient (Wildman–Crippen LogP) is 4.17. The second-order valence-electron chi connectivity index (χ2n) is 6.26. The van der Waals surface area contributed by atoms with Crippen LogP contribution in [0.1, 0.15) is 22.6 Å².